The number of amides is 2. The Kier molecular flexibility index (Phi) is 4.43. The summed E-state index contributed by atoms with van der Waals surface area (Å²) in [5.74, 6) is -7.88. The smallest absolute Gasteiger partial charge is 0.228 e. The molecule has 130 valence electrons. The van der Waals surface area contributed by atoms with Gasteiger partial charge in [0.1, 0.15) is 5.82 Å². The van der Waals surface area contributed by atoms with Gasteiger partial charge in [-0.3, -0.25) is 9.59 Å². The summed E-state index contributed by atoms with van der Waals surface area (Å²) in [5, 5.41) is 4.50. The molecule has 0 aliphatic heterocycles. The molecule has 1 aliphatic carbocycles. The molecule has 2 unspecified atom stereocenters. The molecular weight excluding hydrogens is 340 g/mol. The fourth-order valence-corrected chi connectivity index (χ4v) is 2.41. The second-order valence-electron chi connectivity index (χ2n) is 5.63. The van der Waals surface area contributed by atoms with E-state index < -0.39 is 52.6 Å². The monoisotopic (exact) mass is 352 g/mol. The first kappa shape index (κ1) is 16.9. The molecule has 2 aromatic rings. The van der Waals surface area contributed by atoms with Gasteiger partial charge < -0.3 is 10.6 Å². The lowest BCUT2D eigenvalue weighted by atomic mass is 10.2. The van der Waals surface area contributed by atoms with Crippen molar-refractivity contribution in [2.75, 3.05) is 10.6 Å². The van der Waals surface area contributed by atoms with Crippen molar-refractivity contribution in [3.63, 3.8) is 0 Å². The molecule has 8 heteroatoms. The molecule has 1 saturated carbocycles. The van der Waals surface area contributed by atoms with Gasteiger partial charge >= 0.3 is 0 Å². The van der Waals surface area contributed by atoms with Crippen LogP contribution in [0.2, 0.25) is 0 Å². The number of hydrogen-bond acceptors (Lipinski definition) is 2. The Bertz CT molecular complexity index is 857. The van der Waals surface area contributed by atoms with Gasteiger partial charge in [-0.2, -0.15) is 0 Å². The van der Waals surface area contributed by atoms with Crippen LogP contribution >= 0.6 is 0 Å². The van der Waals surface area contributed by atoms with Crippen molar-refractivity contribution < 1.29 is 27.2 Å². The van der Waals surface area contributed by atoms with Crippen LogP contribution in [0, 0.1) is 35.1 Å². The second kappa shape index (κ2) is 6.54. The van der Waals surface area contributed by atoms with Crippen molar-refractivity contribution in [2.45, 2.75) is 6.42 Å². The molecular formula is C17H12F4N2O2. The number of hydrogen-bond donors (Lipinski definition) is 2. The standard InChI is InChI=1S/C17H12F4N2O2/c18-10-3-1-2-4-12(10)22-16(24)8-7-9(8)17(25)23-13-6-5-11(19)14(20)15(13)21/h1-6,8-9H,7H2,(H,22,24)(H,23,25). The van der Waals surface area contributed by atoms with Crippen molar-refractivity contribution >= 4 is 23.2 Å². The number of nitrogens with one attached hydrogen (secondary N) is 2. The molecule has 0 bridgehead atoms. The lowest BCUT2D eigenvalue weighted by Crippen LogP contribution is -2.21. The number of rotatable bonds is 4. The number of para-hydroxylation sites is 1. The second-order valence-corrected chi connectivity index (χ2v) is 5.63. The van der Waals surface area contributed by atoms with Crippen molar-refractivity contribution in [1.82, 2.24) is 0 Å². The zero-order valence-corrected chi connectivity index (χ0v) is 12.7. The summed E-state index contributed by atoms with van der Waals surface area (Å²) >= 11 is 0. The van der Waals surface area contributed by atoms with Gasteiger partial charge in [0.15, 0.2) is 17.5 Å². The van der Waals surface area contributed by atoms with Crippen LogP contribution in [-0.4, -0.2) is 11.8 Å². The van der Waals surface area contributed by atoms with Gasteiger partial charge in [-0.25, -0.2) is 17.6 Å². The Morgan fingerprint density at radius 2 is 1.36 bits per heavy atom. The highest BCUT2D eigenvalue weighted by Gasteiger charge is 2.48. The summed E-state index contributed by atoms with van der Waals surface area (Å²) in [6.07, 6.45) is 0.192. The third-order valence-electron chi connectivity index (χ3n) is 3.89. The lowest BCUT2D eigenvalue weighted by Gasteiger charge is -2.08. The van der Waals surface area contributed by atoms with Crippen LogP contribution in [0.1, 0.15) is 6.42 Å². The summed E-state index contributed by atoms with van der Waals surface area (Å²) < 4.78 is 53.0. The zero-order valence-electron chi connectivity index (χ0n) is 12.7. The van der Waals surface area contributed by atoms with Crippen LogP contribution in [0.5, 0.6) is 0 Å². The van der Waals surface area contributed by atoms with E-state index in [0.29, 0.717) is 6.07 Å². The first-order valence-corrected chi connectivity index (χ1v) is 7.38. The number of anilines is 2. The minimum Gasteiger partial charge on any atom is -0.323 e. The average molecular weight is 352 g/mol. The highest BCUT2D eigenvalue weighted by molar-refractivity contribution is 6.03. The molecule has 0 saturated heterocycles. The average Bonchev–Trinajstić information content (AvgIpc) is 3.38. The third-order valence-corrected chi connectivity index (χ3v) is 3.89. The van der Waals surface area contributed by atoms with E-state index in [1.807, 2.05) is 0 Å². The van der Waals surface area contributed by atoms with Gasteiger partial charge in [0, 0.05) is 0 Å². The Morgan fingerprint density at radius 1 is 0.760 bits per heavy atom. The normalized spacial score (nSPS) is 18.6. The summed E-state index contributed by atoms with van der Waals surface area (Å²) in [4.78, 5) is 24.0. The molecule has 25 heavy (non-hydrogen) atoms. The lowest BCUT2D eigenvalue weighted by molar-refractivity contribution is -0.122. The number of carbonyl (C=O) groups is 2. The maximum atomic E-state index is 13.5. The molecule has 3 rings (SSSR count). The fourth-order valence-electron chi connectivity index (χ4n) is 2.41. The minimum atomic E-state index is -1.69. The van der Waals surface area contributed by atoms with E-state index in [2.05, 4.69) is 10.6 Å². The van der Waals surface area contributed by atoms with Crippen LogP contribution in [0.4, 0.5) is 28.9 Å². The molecule has 0 radical (unpaired) electrons. The molecule has 2 atom stereocenters. The quantitative estimate of drug-likeness (QED) is 0.654. The SMILES string of the molecule is O=C(Nc1ccccc1F)C1CC1C(=O)Nc1ccc(F)c(F)c1F. The Hall–Kier alpha value is -2.90. The van der Waals surface area contributed by atoms with Gasteiger partial charge in [0.2, 0.25) is 11.8 Å². The highest BCUT2D eigenvalue weighted by Crippen LogP contribution is 2.40. The molecule has 4 nitrogen and oxygen atoms in total. The molecule has 2 N–H and O–H groups in total. The molecule has 1 aliphatic rings. The van der Waals surface area contributed by atoms with Gasteiger partial charge in [-0.15, -0.1) is 0 Å². The predicted molar refractivity (Wildman–Crippen MR) is 81.6 cm³/mol. The van der Waals surface area contributed by atoms with E-state index in [0.717, 1.165) is 6.07 Å². The topological polar surface area (TPSA) is 58.2 Å². The third kappa shape index (κ3) is 3.47. The minimum absolute atomic E-state index is 0.00907. The molecule has 0 spiro atoms. The first-order valence-electron chi connectivity index (χ1n) is 7.38. The van der Waals surface area contributed by atoms with Crippen molar-refractivity contribution in [3.05, 3.63) is 59.7 Å². The Morgan fingerprint density at radius 3 is 2.00 bits per heavy atom. The first-order chi connectivity index (χ1) is 11.9. The summed E-state index contributed by atoms with van der Waals surface area (Å²) in [6.45, 7) is 0. The van der Waals surface area contributed by atoms with E-state index in [1.54, 1.807) is 6.07 Å². The maximum absolute atomic E-state index is 13.5. The Balaban J connectivity index is 1.62. The maximum Gasteiger partial charge on any atom is 0.228 e. The zero-order chi connectivity index (χ0) is 18.1. The molecule has 2 amide bonds. The molecule has 2 aromatic carbocycles. The van der Waals surface area contributed by atoms with Gasteiger partial charge in [-0.05, 0) is 30.7 Å². The van der Waals surface area contributed by atoms with E-state index >= 15 is 0 Å². The highest BCUT2D eigenvalue weighted by atomic mass is 19.2. The molecule has 0 heterocycles. The van der Waals surface area contributed by atoms with E-state index in [-0.39, 0.29) is 12.1 Å². The summed E-state index contributed by atoms with van der Waals surface area (Å²) in [5.41, 5.74) is -0.519. The molecule has 1 fully saturated rings. The Labute approximate surface area is 139 Å². The van der Waals surface area contributed by atoms with Crippen LogP contribution in [-0.2, 0) is 9.59 Å². The number of halogens is 4. The van der Waals surface area contributed by atoms with Crippen LogP contribution in [0.25, 0.3) is 0 Å². The van der Waals surface area contributed by atoms with Crippen LogP contribution in [0.3, 0.4) is 0 Å². The van der Waals surface area contributed by atoms with Crippen molar-refractivity contribution in [2.24, 2.45) is 11.8 Å². The van der Waals surface area contributed by atoms with E-state index in [9.17, 15) is 27.2 Å². The van der Waals surface area contributed by atoms with Gasteiger partial charge in [-0.1, -0.05) is 12.1 Å². The number of benzene rings is 2. The fraction of sp³-hybridized carbons (Fsp3) is 0.176. The van der Waals surface area contributed by atoms with E-state index in [1.165, 1.54) is 18.2 Å². The van der Waals surface area contributed by atoms with Gasteiger partial charge in [0.05, 0.1) is 23.2 Å². The van der Waals surface area contributed by atoms with Crippen LogP contribution < -0.4 is 10.6 Å². The number of carbonyl (C=O) groups excluding carboxylic acids is 2. The van der Waals surface area contributed by atoms with E-state index in [4.69, 9.17) is 0 Å². The largest absolute Gasteiger partial charge is 0.323 e. The summed E-state index contributed by atoms with van der Waals surface area (Å²) in [6, 6.07) is 7.14. The van der Waals surface area contributed by atoms with Crippen molar-refractivity contribution in [1.29, 1.82) is 0 Å². The van der Waals surface area contributed by atoms with Crippen molar-refractivity contribution in [3.8, 4) is 0 Å². The van der Waals surface area contributed by atoms with Crippen LogP contribution in [0.15, 0.2) is 36.4 Å². The van der Waals surface area contributed by atoms with Gasteiger partial charge in [0.25, 0.3) is 0 Å². The summed E-state index contributed by atoms with van der Waals surface area (Å²) in [7, 11) is 0. The predicted octanol–water partition coefficient (Wildman–Crippen LogP) is 3.46. The molecule has 0 aromatic heterocycles.